The van der Waals surface area contributed by atoms with Crippen molar-refractivity contribution in [2.45, 2.75) is 231 Å². The average Bonchev–Trinajstić information content (AvgIpc) is 1.78. The van der Waals surface area contributed by atoms with Crippen LogP contribution in [0.3, 0.4) is 0 Å². The topological polar surface area (TPSA) is 658 Å². The summed E-state index contributed by atoms with van der Waals surface area (Å²) in [6.45, 7) is 13.4. The fourth-order valence-electron chi connectivity index (χ4n) is 10.1. The third-order valence-electron chi connectivity index (χ3n) is 15.9. The third kappa shape index (κ3) is 31.9. The Balaban J connectivity index is 3.56. The Morgan fingerprint density at radius 1 is 0.465 bits per heavy atom. The zero-order chi connectivity index (χ0) is 77.5. The van der Waals surface area contributed by atoms with E-state index in [0.717, 1.165) is 18.7 Å². The van der Waals surface area contributed by atoms with E-state index in [9.17, 15) is 107 Å². The molecule has 0 aromatic rings. The van der Waals surface area contributed by atoms with Crippen LogP contribution in [-0.4, -0.2) is 252 Å². The number of guanidine groups is 1. The molecule has 1 fully saturated rings. The zero-order valence-electron chi connectivity index (χ0n) is 58.2. The number of carboxylic acids is 5. The second-order valence-electron chi connectivity index (χ2n) is 25.6. The fourth-order valence-corrected chi connectivity index (χ4v) is 10.1. The number of aliphatic hydroxyl groups is 2. The predicted octanol–water partition coefficient (Wildman–Crippen LogP) is -6.75. The van der Waals surface area contributed by atoms with Crippen LogP contribution in [0.25, 0.3) is 0 Å². The maximum atomic E-state index is 14.3. The highest BCUT2D eigenvalue weighted by atomic mass is 16.4. The van der Waals surface area contributed by atoms with Crippen LogP contribution in [0.2, 0.25) is 0 Å². The van der Waals surface area contributed by atoms with Gasteiger partial charge in [-0.05, 0) is 82.5 Å². The van der Waals surface area contributed by atoms with Crippen molar-refractivity contribution >= 4 is 107 Å². The van der Waals surface area contributed by atoms with Gasteiger partial charge >= 0.3 is 29.8 Å². The van der Waals surface area contributed by atoms with Gasteiger partial charge in [0.25, 0.3) is 0 Å². The van der Waals surface area contributed by atoms with Crippen LogP contribution in [0.5, 0.6) is 0 Å². The molecule has 101 heavy (non-hydrogen) atoms. The Morgan fingerprint density at radius 3 is 1.37 bits per heavy atom. The van der Waals surface area contributed by atoms with Gasteiger partial charge in [0.05, 0.1) is 31.1 Å². The number of rotatable bonds is 46. The van der Waals surface area contributed by atoms with Crippen LogP contribution < -0.4 is 75.7 Å². The maximum absolute atomic E-state index is 14.3. The van der Waals surface area contributed by atoms with Gasteiger partial charge in [0.2, 0.25) is 70.9 Å². The van der Waals surface area contributed by atoms with Gasteiger partial charge in [0, 0.05) is 25.9 Å². The van der Waals surface area contributed by atoms with Crippen LogP contribution in [0, 0.1) is 23.7 Å². The van der Waals surface area contributed by atoms with Crippen molar-refractivity contribution in [3.05, 3.63) is 0 Å². The monoisotopic (exact) mass is 1440 g/mol. The minimum atomic E-state index is -2.08. The molecule has 1 rings (SSSR count). The largest absolute Gasteiger partial charge is 0.481 e. The molecule has 12 amide bonds. The van der Waals surface area contributed by atoms with E-state index in [1.54, 1.807) is 20.8 Å². The fraction of sp³-hybridized carbons (Fsp3) is 0.705. The van der Waals surface area contributed by atoms with Crippen LogP contribution in [-0.2, 0) is 81.5 Å². The highest BCUT2D eigenvalue weighted by Crippen LogP contribution is 2.22. The molecule has 40 heteroatoms. The van der Waals surface area contributed by atoms with Gasteiger partial charge in [-0.15, -0.1) is 0 Å². The summed E-state index contributed by atoms with van der Waals surface area (Å²) in [5.74, 6) is -23.7. The van der Waals surface area contributed by atoms with E-state index >= 15 is 0 Å². The lowest BCUT2D eigenvalue weighted by Gasteiger charge is -2.32. The smallest absolute Gasteiger partial charge is 0.322 e. The first-order valence-corrected chi connectivity index (χ1v) is 32.8. The Labute approximate surface area is 582 Å². The summed E-state index contributed by atoms with van der Waals surface area (Å²) < 4.78 is 0. The lowest BCUT2D eigenvalue weighted by Crippen LogP contribution is -2.63. The third-order valence-corrected chi connectivity index (χ3v) is 15.9. The van der Waals surface area contributed by atoms with E-state index in [4.69, 9.17) is 27.4 Å². The number of aliphatic imine (C=N–C) groups is 1. The van der Waals surface area contributed by atoms with Gasteiger partial charge in [0.1, 0.15) is 73.0 Å². The number of aliphatic carboxylic acids is 5. The molecule has 0 spiro atoms. The number of nitrogens with zero attached hydrogens (tertiary/aromatic N) is 2. The predicted molar refractivity (Wildman–Crippen MR) is 353 cm³/mol. The van der Waals surface area contributed by atoms with Gasteiger partial charge in [-0.2, -0.15) is 0 Å². The molecule has 0 aromatic heterocycles. The SMILES string of the molecule is CC[C@H](C)[C@H](NC(=O)[C@@H](NC(=O)[C@@H](NC(=O)[C@@H]1CCCN1C(=O)[C@H](CCC(=O)O)NC(=O)[C@H](CC(C)C)NC(=O)[C@@H](N)CC(=O)O)[C@@H](C)O)C(C)C)C(=O)N[C@@H](CC(=O)O)C(=O)N[C@@H](CCC(=O)O)C(=O)N[C@H](C(=O)N[C@@H](CCCN=C(N)N)C(=O)N[C@H](C(=O)NCC(=O)O)[C@@H](C)O)C(C)C. The van der Waals surface area contributed by atoms with E-state index < -0.39 is 248 Å². The second-order valence-corrected chi connectivity index (χ2v) is 25.6. The lowest BCUT2D eigenvalue weighted by molar-refractivity contribution is -0.144. The molecule has 40 nitrogen and oxygen atoms in total. The molecule has 0 radical (unpaired) electrons. The number of carboxylic acid groups (broad SMARTS) is 5. The van der Waals surface area contributed by atoms with E-state index in [1.165, 1.54) is 34.6 Å². The van der Waals surface area contributed by atoms with E-state index in [-0.39, 0.29) is 63.5 Å². The Morgan fingerprint density at radius 2 is 0.881 bits per heavy atom. The summed E-state index contributed by atoms with van der Waals surface area (Å²) in [4.78, 5) is 229. The Hall–Kier alpha value is -9.86. The molecule has 15 atom stereocenters. The first-order chi connectivity index (χ1) is 46.9. The molecular formula is C61H102N16O24. The summed E-state index contributed by atoms with van der Waals surface area (Å²) >= 11 is 0. The van der Waals surface area contributed by atoms with Crippen molar-refractivity contribution in [3.63, 3.8) is 0 Å². The van der Waals surface area contributed by atoms with Gasteiger partial charge in [-0.25, -0.2) is 0 Å². The molecule has 0 saturated carbocycles. The summed E-state index contributed by atoms with van der Waals surface area (Å²) in [6.07, 6.45) is -8.02. The highest BCUT2D eigenvalue weighted by Gasteiger charge is 2.43. The van der Waals surface area contributed by atoms with Gasteiger partial charge in [-0.1, -0.05) is 61.8 Å². The normalized spacial score (nSPS) is 16.9. The summed E-state index contributed by atoms with van der Waals surface area (Å²) in [6, 6.07) is -20.0. The number of carbonyl (C=O) groups excluding carboxylic acids is 12. The molecule has 1 aliphatic rings. The van der Waals surface area contributed by atoms with Gasteiger partial charge < -0.3 is 116 Å². The molecule has 0 aromatic carbocycles. The number of nitrogens with two attached hydrogens (primary N) is 3. The van der Waals surface area contributed by atoms with Crippen molar-refractivity contribution in [2.75, 3.05) is 19.6 Å². The number of nitrogens with one attached hydrogen (secondary N) is 11. The van der Waals surface area contributed by atoms with E-state index in [0.29, 0.717) is 0 Å². The standard InChI is InChI=1S/C61H102N16O24/c1-11-29(8)46(74-57(98)45(28(6)7)73-59(100)48(31(10)79)76-54(95)38-15-13-21-77(38)60(101)35(17-19-40(82)83)69-52(93)36(22-26(2)3)70-49(90)32(62)23-41(84)85)58(99)71-37(24-42(86)87)53(94)67-34(16-18-39(80)81)51(92)72-44(27(4)5)56(97)68-33(14-12-20-65-61(63)64)50(91)75-47(30(9)78)55(96)66-25-43(88)89/h26-38,44-48,78-79H,11-25,62H2,1-10H3,(H,66,96)(H,67,94)(H,68,97)(H,69,93)(H,70,90)(H,71,99)(H,72,92)(H,73,100)(H,74,98)(H,75,91)(H,76,95)(H,80,81)(H,82,83)(H,84,85)(H,86,87)(H,88,89)(H4,63,64,65)/t29-,30+,31+,32-,33-,34-,35-,36-,37-,38-,44-,45-,46-,47-,48-/m0/s1. The molecule has 570 valence electrons. The Kier molecular flexibility index (Phi) is 38.5. The summed E-state index contributed by atoms with van der Waals surface area (Å²) in [5.41, 5.74) is 16.5. The minimum absolute atomic E-state index is 0.00389. The number of hydrogen-bond donors (Lipinski definition) is 21. The molecule has 0 bridgehead atoms. The molecular weight excluding hydrogens is 1340 g/mol. The van der Waals surface area contributed by atoms with Crippen LogP contribution >= 0.6 is 0 Å². The average molecular weight is 1440 g/mol. The minimum Gasteiger partial charge on any atom is -0.481 e. The Bertz CT molecular complexity index is 2980. The maximum Gasteiger partial charge on any atom is 0.322 e. The van der Waals surface area contributed by atoms with Crippen LogP contribution in [0.1, 0.15) is 146 Å². The number of carbonyl (C=O) groups is 17. The molecule has 1 saturated heterocycles. The quantitative estimate of drug-likeness (QED) is 0.0153. The van der Waals surface area contributed by atoms with Crippen molar-refractivity contribution in [1.29, 1.82) is 0 Å². The molecule has 1 aliphatic heterocycles. The number of likely N-dealkylation sites (tertiary alicyclic amines) is 1. The number of hydrogen-bond acceptors (Lipinski definition) is 21. The van der Waals surface area contributed by atoms with Gasteiger partial charge in [0.15, 0.2) is 5.96 Å². The van der Waals surface area contributed by atoms with Crippen molar-refractivity contribution in [2.24, 2.45) is 45.9 Å². The van der Waals surface area contributed by atoms with Crippen molar-refractivity contribution in [1.82, 2.24) is 63.4 Å². The zero-order valence-corrected chi connectivity index (χ0v) is 58.2. The summed E-state index contributed by atoms with van der Waals surface area (Å²) in [7, 11) is 0. The van der Waals surface area contributed by atoms with Crippen molar-refractivity contribution in [3.8, 4) is 0 Å². The van der Waals surface area contributed by atoms with Crippen LogP contribution in [0.15, 0.2) is 4.99 Å². The van der Waals surface area contributed by atoms with Gasteiger partial charge in [-0.3, -0.25) is 86.5 Å². The molecule has 24 N–H and O–H groups in total. The second kappa shape index (κ2) is 43.6. The first kappa shape index (κ1) is 89.2. The van der Waals surface area contributed by atoms with Crippen LogP contribution in [0.4, 0.5) is 0 Å². The number of amides is 12. The highest BCUT2D eigenvalue weighted by molar-refractivity contribution is 6.01. The first-order valence-electron chi connectivity index (χ1n) is 32.8. The molecule has 0 aliphatic carbocycles. The summed E-state index contributed by atoms with van der Waals surface area (Å²) in [5, 5.41) is 94.2. The van der Waals surface area contributed by atoms with Crippen molar-refractivity contribution < 1.29 is 117 Å². The number of aliphatic hydroxyl groups excluding tert-OH is 2. The lowest BCUT2D eigenvalue weighted by atomic mass is 9.95. The molecule has 0 unspecified atom stereocenters. The molecule has 1 heterocycles. The van der Waals surface area contributed by atoms with E-state index in [1.807, 2.05) is 5.32 Å². The van der Waals surface area contributed by atoms with E-state index in [2.05, 4.69) is 58.2 Å².